The van der Waals surface area contributed by atoms with E-state index >= 15 is 0 Å². The lowest BCUT2D eigenvalue weighted by Gasteiger charge is -2.52. The molecule has 3 rings (SSSR count). The molecular weight excluding hydrogens is 260 g/mol. The van der Waals surface area contributed by atoms with Crippen LogP contribution in [0.15, 0.2) is 0 Å². The molecule has 1 aliphatic carbocycles. The van der Waals surface area contributed by atoms with Crippen molar-refractivity contribution in [2.24, 2.45) is 17.1 Å². The van der Waals surface area contributed by atoms with E-state index in [9.17, 15) is 0 Å². The number of nitrogens with two attached hydrogens (primary N) is 1. The third-order valence-corrected chi connectivity index (χ3v) is 6.76. The first-order valence-corrected chi connectivity index (χ1v) is 9.16. The van der Waals surface area contributed by atoms with Gasteiger partial charge in [0, 0.05) is 18.7 Å². The van der Waals surface area contributed by atoms with Crippen LogP contribution in [0.3, 0.4) is 0 Å². The number of nitrogens with zero attached hydrogens (tertiary/aromatic N) is 1. The molecular formula is C18H34N2O. The maximum absolute atomic E-state index is 6.28. The van der Waals surface area contributed by atoms with Crippen LogP contribution in [0.5, 0.6) is 0 Å². The van der Waals surface area contributed by atoms with E-state index in [0.717, 1.165) is 26.0 Å². The highest BCUT2D eigenvalue weighted by Gasteiger charge is 2.45. The lowest BCUT2D eigenvalue weighted by molar-refractivity contribution is -0.0991. The second-order valence-corrected chi connectivity index (χ2v) is 8.23. The molecule has 0 aromatic carbocycles. The van der Waals surface area contributed by atoms with E-state index in [4.69, 9.17) is 10.5 Å². The second-order valence-electron chi connectivity index (χ2n) is 8.23. The molecule has 2 unspecified atom stereocenters. The van der Waals surface area contributed by atoms with E-state index in [1.54, 1.807) is 0 Å². The van der Waals surface area contributed by atoms with E-state index in [0.29, 0.717) is 17.4 Å². The highest BCUT2D eigenvalue weighted by molar-refractivity contribution is 5.00. The van der Waals surface area contributed by atoms with Gasteiger partial charge in [0.2, 0.25) is 0 Å². The summed E-state index contributed by atoms with van der Waals surface area (Å²) < 4.78 is 6.00. The topological polar surface area (TPSA) is 38.5 Å². The molecule has 122 valence electrons. The molecule has 0 bridgehead atoms. The molecule has 1 spiro atoms. The summed E-state index contributed by atoms with van der Waals surface area (Å²) >= 11 is 0. The Kier molecular flexibility index (Phi) is 4.63. The van der Waals surface area contributed by atoms with E-state index in [1.165, 1.54) is 51.6 Å². The summed E-state index contributed by atoms with van der Waals surface area (Å²) in [6.45, 7) is 8.78. The largest absolute Gasteiger partial charge is 0.378 e. The van der Waals surface area contributed by atoms with Crippen LogP contribution in [0.4, 0.5) is 0 Å². The fraction of sp³-hybridized carbons (Fsp3) is 1.00. The summed E-state index contributed by atoms with van der Waals surface area (Å²) in [7, 11) is 0. The molecule has 1 saturated carbocycles. The van der Waals surface area contributed by atoms with Gasteiger partial charge in [-0.25, -0.2) is 0 Å². The molecule has 2 saturated heterocycles. The number of hydrogen-bond donors (Lipinski definition) is 1. The summed E-state index contributed by atoms with van der Waals surface area (Å²) in [5.74, 6) is 0.599. The maximum Gasteiger partial charge on any atom is 0.0616 e. The average Bonchev–Trinajstić information content (AvgIpc) is 2.96. The zero-order valence-corrected chi connectivity index (χ0v) is 14.1. The van der Waals surface area contributed by atoms with Crippen molar-refractivity contribution in [3.05, 3.63) is 0 Å². The maximum atomic E-state index is 6.28. The smallest absolute Gasteiger partial charge is 0.0616 e. The van der Waals surface area contributed by atoms with Crippen molar-refractivity contribution in [2.45, 2.75) is 76.9 Å². The van der Waals surface area contributed by atoms with E-state index in [2.05, 4.69) is 18.7 Å². The summed E-state index contributed by atoms with van der Waals surface area (Å²) in [4.78, 5) is 2.74. The lowest BCUT2D eigenvalue weighted by Crippen LogP contribution is -2.61. The van der Waals surface area contributed by atoms with E-state index < -0.39 is 0 Å². The minimum absolute atomic E-state index is 0.216. The Morgan fingerprint density at radius 2 is 1.76 bits per heavy atom. The van der Waals surface area contributed by atoms with Crippen LogP contribution < -0.4 is 5.73 Å². The fourth-order valence-corrected chi connectivity index (χ4v) is 5.05. The summed E-state index contributed by atoms with van der Waals surface area (Å²) in [5, 5.41) is 0. The Morgan fingerprint density at radius 1 is 1.10 bits per heavy atom. The first kappa shape index (κ1) is 15.8. The molecule has 0 amide bonds. The predicted octanol–water partition coefficient (Wildman–Crippen LogP) is 3.18. The molecule has 2 aliphatic heterocycles. The number of rotatable bonds is 3. The van der Waals surface area contributed by atoms with Crippen molar-refractivity contribution in [2.75, 3.05) is 26.2 Å². The molecule has 3 nitrogen and oxygen atoms in total. The molecule has 2 N–H and O–H groups in total. The van der Waals surface area contributed by atoms with Gasteiger partial charge in [-0.2, -0.15) is 0 Å². The molecule has 21 heavy (non-hydrogen) atoms. The lowest BCUT2D eigenvalue weighted by atomic mass is 9.74. The van der Waals surface area contributed by atoms with Gasteiger partial charge < -0.3 is 10.5 Å². The van der Waals surface area contributed by atoms with Gasteiger partial charge in [0.25, 0.3) is 0 Å². The van der Waals surface area contributed by atoms with Gasteiger partial charge in [-0.15, -0.1) is 0 Å². The SMILES string of the molecule is CC(C)C1CC(CN)(N2CCC3(CCCC3)CC2)CCO1. The number of ether oxygens (including phenoxy) is 1. The van der Waals surface area contributed by atoms with Gasteiger partial charge in [0.15, 0.2) is 0 Å². The van der Waals surface area contributed by atoms with Crippen molar-refractivity contribution in [3.63, 3.8) is 0 Å². The third-order valence-electron chi connectivity index (χ3n) is 6.76. The molecule has 2 heterocycles. The second kappa shape index (κ2) is 6.17. The van der Waals surface area contributed by atoms with Crippen molar-refractivity contribution >= 4 is 0 Å². The Morgan fingerprint density at radius 3 is 2.33 bits per heavy atom. The summed E-state index contributed by atoms with van der Waals surface area (Å²) in [5.41, 5.74) is 7.20. The first-order chi connectivity index (χ1) is 10.1. The Hall–Kier alpha value is -0.120. The minimum Gasteiger partial charge on any atom is -0.378 e. The monoisotopic (exact) mass is 294 g/mol. The van der Waals surface area contributed by atoms with Crippen molar-refractivity contribution in [1.29, 1.82) is 0 Å². The quantitative estimate of drug-likeness (QED) is 0.869. The Labute approximate surface area is 130 Å². The van der Waals surface area contributed by atoms with Gasteiger partial charge in [-0.3, -0.25) is 4.90 Å². The Balaban J connectivity index is 1.66. The Bertz CT molecular complexity index is 341. The van der Waals surface area contributed by atoms with Crippen molar-refractivity contribution in [1.82, 2.24) is 4.90 Å². The van der Waals surface area contributed by atoms with E-state index in [1.807, 2.05) is 0 Å². The molecule has 3 heteroatoms. The van der Waals surface area contributed by atoms with Crippen molar-refractivity contribution in [3.8, 4) is 0 Å². The van der Waals surface area contributed by atoms with Gasteiger partial charge in [0.05, 0.1) is 6.10 Å². The number of hydrogen-bond acceptors (Lipinski definition) is 3. The van der Waals surface area contributed by atoms with Crippen LogP contribution in [0.25, 0.3) is 0 Å². The average molecular weight is 294 g/mol. The molecule has 0 aromatic rings. The third kappa shape index (κ3) is 3.02. The summed E-state index contributed by atoms with van der Waals surface area (Å²) in [6, 6.07) is 0. The van der Waals surface area contributed by atoms with Gasteiger partial charge in [0.1, 0.15) is 0 Å². The first-order valence-electron chi connectivity index (χ1n) is 9.16. The number of likely N-dealkylation sites (tertiary alicyclic amines) is 1. The molecule has 2 atom stereocenters. The zero-order valence-electron chi connectivity index (χ0n) is 14.1. The minimum atomic E-state index is 0.216. The normalized spacial score (nSPS) is 37.4. The molecule has 3 fully saturated rings. The highest BCUT2D eigenvalue weighted by atomic mass is 16.5. The summed E-state index contributed by atoms with van der Waals surface area (Å²) in [6.07, 6.45) is 11.3. The standard InChI is InChI=1S/C18H34N2O/c1-15(2)16-13-18(14-19,9-12-21-16)20-10-7-17(8-11-20)5-3-4-6-17/h15-16H,3-14,19H2,1-2H3. The number of piperidine rings is 1. The zero-order chi connectivity index (χ0) is 14.9. The fourth-order valence-electron chi connectivity index (χ4n) is 5.05. The molecule has 3 aliphatic rings. The molecule has 0 aromatic heterocycles. The van der Waals surface area contributed by atoms with Crippen molar-refractivity contribution < 1.29 is 4.74 Å². The van der Waals surface area contributed by atoms with Crippen LogP contribution in [0.2, 0.25) is 0 Å². The van der Waals surface area contributed by atoms with Gasteiger partial charge in [-0.1, -0.05) is 26.7 Å². The van der Waals surface area contributed by atoms with Crippen LogP contribution in [-0.4, -0.2) is 42.8 Å². The van der Waals surface area contributed by atoms with Gasteiger partial charge >= 0.3 is 0 Å². The van der Waals surface area contributed by atoms with Crippen LogP contribution >= 0.6 is 0 Å². The van der Waals surface area contributed by atoms with E-state index in [-0.39, 0.29) is 5.54 Å². The van der Waals surface area contributed by atoms with Crippen LogP contribution in [0, 0.1) is 11.3 Å². The van der Waals surface area contributed by atoms with Crippen LogP contribution in [-0.2, 0) is 4.74 Å². The van der Waals surface area contributed by atoms with Crippen LogP contribution in [0.1, 0.15) is 65.2 Å². The highest BCUT2D eigenvalue weighted by Crippen LogP contribution is 2.48. The predicted molar refractivity (Wildman–Crippen MR) is 87.3 cm³/mol. The molecule has 0 radical (unpaired) electrons. The van der Waals surface area contributed by atoms with Gasteiger partial charge in [-0.05, 0) is 62.9 Å².